The number of aromatic nitrogens is 2. The Hall–Kier alpha value is -1.32. The first-order valence-corrected chi connectivity index (χ1v) is 5.16. The van der Waals surface area contributed by atoms with Gasteiger partial charge in [0.1, 0.15) is 18.0 Å². The van der Waals surface area contributed by atoms with Gasteiger partial charge in [-0.05, 0) is 18.8 Å². The zero-order valence-corrected chi connectivity index (χ0v) is 8.24. The molecule has 76 valence electrons. The normalized spacial score (nSPS) is 17.1. The van der Waals surface area contributed by atoms with E-state index in [1.165, 1.54) is 32.0 Å². The van der Waals surface area contributed by atoms with Gasteiger partial charge in [0, 0.05) is 12.6 Å². The number of nitrogens with two attached hydrogens (primary N) is 1. The van der Waals surface area contributed by atoms with Crippen LogP contribution in [0.15, 0.2) is 12.4 Å². The molecule has 0 aliphatic heterocycles. The number of nitrogens with zero attached hydrogens (tertiary/aromatic N) is 2. The summed E-state index contributed by atoms with van der Waals surface area (Å²) in [4.78, 5) is 7.94. The Kier molecular flexibility index (Phi) is 2.81. The lowest BCUT2D eigenvalue weighted by molar-refractivity contribution is 0.579. The molecule has 1 heterocycles. The largest absolute Gasteiger partial charge is 0.384 e. The summed E-state index contributed by atoms with van der Waals surface area (Å²) in [6, 6.07) is 1.77. The highest BCUT2D eigenvalue weighted by molar-refractivity contribution is 5.43. The second kappa shape index (κ2) is 4.26. The van der Waals surface area contributed by atoms with Crippen LogP contribution in [-0.2, 0) is 0 Å². The Balaban J connectivity index is 1.85. The van der Waals surface area contributed by atoms with Crippen molar-refractivity contribution in [3.05, 3.63) is 12.4 Å². The van der Waals surface area contributed by atoms with E-state index in [1.807, 2.05) is 0 Å². The molecule has 3 N–H and O–H groups in total. The van der Waals surface area contributed by atoms with Crippen molar-refractivity contribution >= 4 is 11.6 Å². The summed E-state index contributed by atoms with van der Waals surface area (Å²) in [6.45, 7) is 1.01. The standard InChI is InChI=1S/C10H16N4/c11-9-5-10(14-7-13-9)12-6-8-3-1-2-4-8/h5,7-8H,1-4,6H2,(H3,11,12,13,14). The molecular weight excluding hydrogens is 176 g/mol. The summed E-state index contributed by atoms with van der Waals surface area (Å²) in [6.07, 6.45) is 6.92. The van der Waals surface area contributed by atoms with E-state index in [2.05, 4.69) is 15.3 Å². The first kappa shape index (κ1) is 9.24. The van der Waals surface area contributed by atoms with Crippen molar-refractivity contribution in [1.82, 2.24) is 9.97 Å². The molecule has 1 aromatic heterocycles. The van der Waals surface area contributed by atoms with E-state index < -0.39 is 0 Å². The smallest absolute Gasteiger partial charge is 0.131 e. The van der Waals surface area contributed by atoms with Crippen LogP contribution in [0.5, 0.6) is 0 Å². The molecule has 14 heavy (non-hydrogen) atoms. The van der Waals surface area contributed by atoms with Gasteiger partial charge >= 0.3 is 0 Å². The van der Waals surface area contributed by atoms with Crippen LogP contribution < -0.4 is 11.1 Å². The maximum absolute atomic E-state index is 5.55. The highest BCUT2D eigenvalue weighted by Crippen LogP contribution is 2.24. The minimum absolute atomic E-state index is 0.522. The van der Waals surface area contributed by atoms with E-state index >= 15 is 0 Å². The van der Waals surface area contributed by atoms with Crippen LogP contribution in [-0.4, -0.2) is 16.5 Å². The molecule has 1 aliphatic carbocycles. The third kappa shape index (κ3) is 2.34. The van der Waals surface area contributed by atoms with Crippen molar-refractivity contribution in [1.29, 1.82) is 0 Å². The van der Waals surface area contributed by atoms with Crippen molar-refractivity contribution in [2.75, 3.05) is 17.6 Å². The zero-order valence-electron chi connectivity index (χ0n) is 8.24. The maximum atomic E-state index is 5.55. The molecule has 1 saturated carbocycles. The minimum atomic E-state index is 0.522. The van der Waals surface area contributed by atoms with Gasteiger partial charge in [0.25, 0.3) is 0 Å². The Bertz CT molecular complexity index is 294. The predicted molar refractivity (Wildman–Crippen MR) is 56.9 cm³/mol. The molecular formula is C10H16N4. The van der Waals surface area contributed by atoms with Crippen molar-refractivity contribution < 1.29 is 0 Å². The fraction of sp³-hybridized carbons (Fsp3) is 0.600. The zero-order chi connectivity index (χ0) is 9.80. The average molecular weight is 192 g/mol. The Labute approximate surface area is 83.9 Å². The monoisotopic (exact) mass is 192 g/mol. The number of nitrogen functional groups attached to an aromatic ring is 1. The van der Waals surface area contributed by atoms with E-state index in [1.54, 1.807) is 6.07 Å². The van der Waals surface area contributed by atoms with Gasteiger partial charge in [-0.25, -0.2) is 9.97 Å². The summed E-state index contributed by atoms with van der Waals surface area (Å²) in [5.74, 6) is 2.17. The van der Waals surface area contributed by atoms with E-state index in [0.29, 0.717) is 5.82 Å². The van der Waals surface area contributed by atoms with Crippen LogP contribution in [0, 0.1) is 5.92 Å². The summed E-state index contributed by atoms with van der Waals surface area (Å²) in [5, 5.41) is 3.30. The van der Waals surface area contributed by atoms with Gasteiger partial charge in [-0.15, -0.1) is 0 Å². The van der Waals surface area contributed by atoms with Crippen LogP contribution in [0.3, 0.4) is 0 Å². The lowest BCUT2D eigenvalue weighted by atomic mass is 10.1. The molecule has 0 bridgehead atoms. The fourth-order valence-corrected chi connectivity index (χ4v) is 1.93. The van der Waals surface area contributed by atoms with Gasteiger partial charge in [0.15, 0.2) is 0 Å². The van der Waals surface area contributed by atoms with Crippen LogP contribution in [0.4, 0.5) is 11.6 Å². The Morgan fingerprint density at radius 3 is 2.86 bits per heavy atom. The number of rotatable bonds is 3. The number of nitrogens with one attached hydrogen (secondary N) is 1. The van der Waals surface area contributed by atoms with Crippen molar-refractivity contribution in [2.45, 2.75) is 25.7 Å². The summed E-state index contributed by atoms with van der Waals surface area (Å²) < 4.78 is 0. The molecule has 0 atom stereocenters. The molecule has 0 radical (unpaired) electrons. The minimum Gasteiger partial charge on any atom is -0.384 e. The third-order valence-electron chi connectivity index (χ3n) is 2.73. The van der Waals surface area contributed by atoms with Crippen molar-refractivity contribution in [3.8, 4) is 0 Å². The Morgan fingerprint density at radius 2 is 2.14 bits per heavy atom. The number of hydrogen-bond donors (Lipinski definition) is 2. The number of hydrogen-bond acceptors (Lipinski definition) is 4. The maximum Gasteiger partial charge on any atom is 0.131 e. The molecule has 1 aliphatic rings. The van der Waals surface area contributed by atoms with Gasteiger partial charge in [0.05, 0.1) is 0 Å². The van der Waals surface area contributed by atoms with E-state index in [4.69, 9.17) is 5.73 Å². The molecule has 1 aromatic rings. The Morgan fingerprint density at radius 1 is 1.36 bits per heavy atom. The molecule has 4 nitrogen and oxygen atoms in total. The highest BCUT2D eigenvalue weighted by atomic mass is 15.0. The summed E-state index contributed by atoms with van der Waals surface area (Å²) in [5.41, 5.74) is 5.55. The van der Waals surface area contributed by atoms with Gasteiger partial charge < -0.3 is 11.1 Å². The fourth-order valence-electron chi connectivity index (χ4n) is 1.93. The van der Waals surface area contributed by atoms with Crippen LogP contribution in [0.2, 0.25) is 0 Å². The van der Waals surface area contributed by atoms with E-state index in [0.717, 1.165) is 18.3 Å². The quantitative estimate of drug-likeness (QED) is 0.764. The average Bonchev–Trinajstić information content (AvgIpc) is 2.67. The second-order valence-electron chi connectivity index (χ2n) is 3.86. The summed E-state index contributed by atoms with van der Waals surface area (Å²) >= 11 is 0. The highest BCUT2D eigenvalue weighted by Gasteiger charge is 2.14. The molecule has 0 unspecified atom stereocenters. The molecule has 0 amide bonds. The first-order valence-electron chi connectivity index (χ1n) is 5.16. The lowest BCUT2D eigenvalue weighted by Gasteiger charge is -2.10. The van der Waals surface area contributed by atoms with E-state index in [-0.39, 0.29) is 0 Å². The predicted octanol–water partition coefficient (Wildman–Crippen LogP) is 1.66. The molecule has 0 spiro atoms. The SMILES string of the molecule is Nc1cc(NCC2CCCC2)ncn1. The molecule has 2 rings (SSSR count). The van der Waals surface area contributed by atoms with Gasteiger partial charge in [-0.1, -0.05) is 12.8 Å². The number of anilines is 2. The van der Waals surface area contributed by atoms with Crippen molar-refractivity contribution in [2.24, 2.45) is 5.92 Å². The van der Waals surface area contributed by atoms with Gasteiger partial charge in [0.2, 0.25) is 0 Å². The van der Waals surface area contributed by atoms with Crippen molar-refractivity contribution in [3.63, 3.8) is 0 Å². The topological polar surface area (TPSA) is 63.8 Å². The van der Waals surface area contributed by atoms with Crippen LogP contribution >= 0.6 is 0 Å². The summed E-state index contributed by atoms with van der Waals surface area (Å²) in [7, 11) is 0. The van der Waals surface area contributed by atoms with Crippen LogP contribution in [0.25, 0.3) is 0 Å². The van der Waals surface area contributed by atoms with Crippen LogP contribution in [0.1, 0.15) is 25.7 Å². The lowest BCUT2D eigenvalue weighted by Crippen LogP contribution is -2.12. The molecule has 4 heteroatoms. The third-order valence-corrected chi connectivity index (χ3v) is 2.73. The second-order valence-corrected chi connectivity index (χ2v) is 3.86. The molecule has 0 saturated heterocycles. The molecule has 1 fully saturated rings. The van der Waals surface area contributed by atoms with Gasteiger partial charge in [-0.2, -0.15) is 0 Å². The molecule has 0 aromatic carbocycles. The first-order chi connectivity index (χ1) is 6.84. The van der Waals surface area contributed by atoms with Gasteiger partial charge in [-0.3, -0.25) is 0 Å². The van der Waals surface area contributed by atoms with E-state index in [9.17, 15) is 0 Å².